The van der Waals surface area contributed by atoms with E-state index in [0.717, 1.165) is 66.7 Å². The van der Waals surface area contributed by atoms with Gasteiger partial charge in [0.25, 0.3) is 0 Å². The number of hydrogen-bond donors (Lipinski definition) is 0. The molecule has 8 aromatic carbocycles. The van der Waals surface area contributed by atoms with Crippen molar-refractivity contribution >= 4 is 21.8 Å². The lowest BCUT2D eigenvalue weighted by Gasteiger charge is -2.39. The van der Waals surface area contributed by atoms with E-state index in [1.54, 1.807) is 6.07 Å². The van der Waals surface area contributed by atoms with Gasteiger partial charge in [-0.3, -0.25) is 0 Å². The van der Waals surface area contributed by atoms with Crippen LogP contribution >= 0.6 is 0 Å². The molecule has 0 N–H and O–H groups in total. The van der Waals surface area contributed by atoms with Gasteiger partial charge < -0.3 is 9.30 Å². The van der Waals surface area contributed by atoms with E-state index in [9.17, 15) is 10.5 Å². The Morgan fingerprint density at radius 1 is 0.426 bits per heavy atom. The maximum Gasteiger partial charge on any atom is 0.165 e. The summed E-state index contributed by atoms with van der Waals surface area (Å²) in [6.07, 6.45) is 0. The molecule has 61 heavy (non-hydrogen) atoms. The van der Waals surface area contributed by atoms with Gasteiger partial charge in [0, 0.05) is 38.6 Å². The summed E-state index contributed by atoms with van der Waals surface area (Å²) in [5.74, 6) is 2.88. The molecule has 7 heteroatoms. The van der Waals surface area contributed by atoms with Crippen molar-refractivity contribution in [2.45, 2.75) is 5.41 Å². The molecule has 2 aromatic heterocycles. The van der Waals surface area contributed by atoms with Gasteiger partial charge in [0.15, 0.2) is 17.5 Å². The fourth-order valence-corrected chi connectivity index (χ4v) is 9.64. The monoisotopic (exact) mass is 778 g/mol. The van der Waals surface area contributed by atoms with E-state index in [0.29, 0.717) is 39.9 Å². The molecule has 0 radical (unpaired) electrons. The third-order valence-electron chi connectivity index (χ3n) is 12.2. The molecule has 0 fully saturated rings. The largest absolute Gasteiger partial charge is 0.457 e. The van der Waals surface area contributed by atoms with Crippen LogP contribution in [0.15, 0.2) is 182 Å². The molecule has 0 bridgehead atoms. The van der Waals surface area contributed by atoms with Crippen molar-refractivity contribution in [1.29, 1.82) is 10.5 Å². The number of fused-ring (bicyclic) bond motifs is 12. The van der Waals surface area contributed by atoms with Gasteiger partial charge in [0.2, 0.25) is 0 Å². The van der Waals surface area contributed by atoms with Crippen LogP contribution in [0.1, 0.15) is 33.4 Å². The summed E-state index contributed by atoms with van der Waals surface area (Å²) in [4.78, 5) is 14.7. The van der Waals surface area contributed by atoms with Crippen molar-refractivity contribution in [2.75, 3.05) is 0 Å². The van der Waals surface area contributed by atoms with Gasteiger partial charge in [0.1, 0.15) is 17.6 Å². The second-order valence-corrected chi connectivity index (χ2v) is 15.3. The topological polar surface area (TPSA) is 100 Å². The molecular formula is C54H30N6O. The first kappa shape index (κ1) is 34.4. The van der Waals surface area contributed by atoms with Crippen molar-refractivity contribution in [3.63, 3.8) is 0 Å². The standard InChI is InChI=1S/C54H30N6O/c55-31-35-28-47(36(32-56)27-39(35)53-58-51(33-15-3-1-4-16-33)57-52(59-53)34-17-5-2-6-18-34)60-46-24-12-8-20-38(46)41-29-40-37-19-7-9-21-42(37)54(45(40)30-48(41)60)43-22-10-13-25-49(43)61-50-26-14-11-23-44(50)54/h1-30H. The van der Waals surface area contributed by atoms with Crippen LogP contribution in [-0.4, -0.2) is 19.5 Å². The second-order valence-electron chi connectivity index (χ2n) is 15.3. The molecule has 3 heterocycles. The summed E-state index contributed by atoms with van der Waals surface area (Å²) in [5, 5.41) is 24.0. The third-order valence-corrected chi connectivity index (χ3v) is 12.2. The Kier molecular flexibility index (Phi) is 7.44. The number of nitrogens with zero attached hydrogens (tertiary/aromatic N) is 6. The van der Waals surface area contributed by atoms with Crippen LogP contribution < -0.4 is 4.74 Å². The predicted octanol–water partition coefficient (Wildman–Crippen LogP) is 12.2. The predicted molar refractivity (Wildman–Crippen MR) is 237 cm³/mol. The Morgan fingerprint density at radius 3 is 1.64 bits per heavy atom. The van der Waals surface area contributed by atoms with Crippen molar-refractivity contribution in [3.8, 4) is 74.6 Å². The molecule has 1 aliphatic heterocycles. The summed E-state index contributed by atoms with van der Waals surface area (Å²) in [6.45, 7) is 0. The van der Waals surface area contributed by atoms with Gasteiger partial charge in [-0.2, -0.15) is 10.5 Å². The van der Waals surface area contributed by atoms with Gasteiger partial charge in [-0.1, -0.05) is 140 Å². The molecule has 1 spiro atoms. The first-order valence-corrected chi connectivity index (χ1v) is 20.1. The van der Waals surface area contributed by atoms with E-state index in [2.05, 4.69) is 89.5 Å². The summed E-state index contributed by atoms with van der Waals surface area (Å²) in [6, 6.07) is 66.1. The van der Waals surface area contributed by atoms with Gasteiger partial charge >= 0.3 is 0 Å². The average molecular weight is 779 g/mol. The second kappa shape index (κ2) is 13.2. The van der Waals surface area contributed by atoms with Crippen molar-refractivity contribution in [1.82, 2.24) is 19.5 Å². The van der Waals surface area contributed by atoms with E-state index >= 15 is 0 Å². The van der Waals surface area contributed by atoms with E-state index in [4.69, 9.17) is 19.7 Å². The number of ether oxygens (including phenoxy) is 1. The highest BCUT2D eigenvalue weighted by molar-refractivity contribution is 6.12. The zero-order valence-electron chi connectivity index (χ0n) is 32.4. The van der Waals surface area contributed by atoms with Crippen molar-refractivity contribution < 1.29 is 4.74 Å². The highest BCUT2D eigenvalue weighted by Gasteiger charge is 2.51. The zero-order chi connectivity index (χ0) is 40.7. The molecule has 12 rings (SSSR count). The zero-order valence-corrected chi connectivity index (χ0v) is 32.4. The van der Waals surface area contributed by atoms with Gasteiger partial charge in [-0.05, 0) is 64.7 Å². The smallest absolute Gasteiger partial charge is 0.165 e. The Labute approximate surface area is 350 Å². The van der Waals surface area contributed by atoms with E-state index < -0.39 is 5.41 Å². The maximum absolute atomic E-state index is 11.0. The normalized spacial score (nSPS) is 12.8. The van der Waals surface area contributed by atoms with Crippen LogP contribution in [-0.2, 0) is 5.41 Å². The molecule has 2 aliphatic rings. The minimum Gasteiger partial charge on any atom is -0.457 e. The number of aromatic nitrogens is 4. The molecule has 282 valence electrons. The maximum atomic E-state index is 11.0. The minimum atomic E-state index is -0.682. The van der Waals surface area contributed by atoms with Crippen molar-refractivity contribution in [3.05, 3.63) is 215 Å². The molecule has 0 saturated heterocycles. The molecular weight excluding hydrogens is 749 g/mol. The van der Waals surface area contributed by atoms with Crippen LogP contribution in [0, 0.1) is 22.7 Å². The highest BCUT2D eigenvalue weighted by atomic mass is 16.5. The molecule has 0 atom stereocenters. The number of para-hydroxylation sites is 3. The van der Waals surface area contributed by atoms with Crippen LogP contribution in [0.4, 0.5) is 0 Å². The van der Waals surface area contributed by atoms with E-state index in [1.165, 1.54) is 11.1 Å². The van der Waals surface area contributed by atoms with Gasteiger partial charge in [0.05, 0.1) is 39.3 Å². The van der Waals surface area contributed by atoms with E-state index in [-0.39, 0.29) is 0 Å². The first-order chi connectivity index (χ1) is 30.1. The lowest BCUT2D eigenvalue weighted by atomic mass is 9.66. The Balaban J connectivity index is 1.14. The first-order valence-electron chi connectivity index (χ1n) is 20.1. The lowest BCUT2D eigenvalue weighted by molar-refractivity contribution is 0.436. The number of hydrogen-bond acceptors (Lipinski definition) is 6. The Hall–Kier alpha value is -8.65. The van der Waals surface area contributed by atoms with Crippen LogP contribution in [0.2, 0.25) is 0 Å². The number of rotatable bonds is 4. The summed E-state index contributed by atoms with van der Waals surface area (Å²) in [5.41, 5.74) is 11.3. The molecule has 7 nitrogen and oxygen atoms in total. The molecule has 0 amide bonds. The molecule has 0 unspecified atom stereocenters. The molecule has 0 saturated carbocycles. The van der Waals surface area contributed by atoms with Gasteiger partial charge in [-0.25, -0.2) is 15.0 Å². The fourth-order valence-electron chi connectivity index (χ4n) is 9.64. The Morgan fingerprint density at radius 2 is 0.984 bits per heavy atom. The summed E-state index contributed by atoms with van der Waals surface area (Å²) < 4.78 is 8.74. The minimum absolute atomic E-state index is 0.309. The quantitative estimate of drug-likeness (QED) is 0.176. The SMILES string of the molecule is N#Cc1cc(-n2c3ccccc3c3cc4c(cc32)C2(c3ccccc3Oc3ccccc32)c2ccccc2-4)c(C#N)cc1-c1nc(-c2ccccc2)nc(-c2ccccc2)n1. The molecule has 1 aliphatic carbocycles. The van der Waals surface area contributed by atoms with Crippen LogP contribution in [0.5, 0.6) is 11.5 Å². The number of benzene rings is 8. The fraction of sp³-hybridized carbons (Fsp3) is 0.0185. The molecule has 10 aromatic rings. The summed E-state index contributed by atoms with van der Waals surface area (Å²) in [7, 11) is 0. The average Bonchev–Trinajstić information content (AvgIpc) is 3.80. The van der Waals surface area contributed by atoms with E-state index in [1.807, 2.05) is 103 Å². The third kappa shape index (κ3) is 4.93. The summed E-state index contributed by atoms with van der Waals surface area (Å²) >= 11 is 0. The van der Waals surface area contributed by atoms with Crippen LogP contribution in [0.3, 0.4) is 0 Å². The van der Waals surface area contributed by atoms with Crippen LogP contribution in [0.25, 0.3) is 72.8 Å². The Bertz CT molecular complexity index is 3440. The van der Waals surface area contributed by atoms with Crippen molar-refractivity contribution in [2.24, 2.45) is 0 Å². The highest BCUT2D eigenvalue weighted by Crippen LogP contribution is 2.62. The number of nitriles is 2. The lowest BCUT2D eigenvalue weighted by Crippen LogP contribution is -2.32. The van der Waals surface area contributed by atoms with Gasteiger partial charge in [-0.15, -0.1) is 0 Å².